The van der Waals surface area contributed by atoms with E-state index in [0.29, 0.717) is 0 Å². The van der Waals surface area contributed by atoms with E-state index in [1.54, 1.807) is 0 Å². The molecule has 0 fully saturated rings. The molecule has 0 N–H and O–H groups in total. The second-order valence-electron chi connectivity index (χ2n) is 5.38. The van der Waals surface area contributed by atoms with Crippen LogP contribution in [-0.2, 0) is 0 Å². The summed E-state index contributed by atoms with van der Waals surface area (Å²) in [6.45, 7) is 0. The largest absolute Gasteiger partial charge is 0.0616 e. The van der Waals surface area contributed by atoms with E-state index in [4.69, 9.17) is 0 Å². The van der Waals surface area contributed by atoms with E-state index in [9.17, 15) is 0 Å². The van der Waals surface area contributed by atoms with Gasteiger partial charge in [0.25, 0.3) is 0 Å². The summed E-state index contributed by atoms with van der Waals surface area (Å²) < 4.78 is 2.16. The molecule has 0 atom stereocenters. The minimum Gasteiger partial charge on any atom is -0.0616 e. The van der Waals surface area contributed by atoms with Crippen molar-refractivity contribution in [3.05, 3.63) is 81.7 Å². The smallest absolute Gasteiger partial charge is 0.0192 e. The molecule has 0 bridgehead atoms. The van der Waals surface area contributed by atoms with Gasteiger partial charge >= 0.3 is 0 Å². The van der Waals surface area contributed by atoms with Crippen LogP contribution in [0.15, 0.2) is 81.7 Å². The van der Waals surface area contributed by atoms with E-state index >= 15 is 0 Å². The highest BCUT2D eigenvalue weighted by Gasteiger charge is 2.04. The van der Waals surface area contributed by atoms with Crippen LogP contribution >= 0.6 is 31.9 Å². The van der Waals surface area contributed by atoms with Crippen LogP contribution in [0.1, 0.15) is 0 Å². The average molecular weight is 412 g/mol. The lowest BCUT2D eigenvalue weighted by atomic mass is 9.97. The van der Waals surface area contributed by atoms with Gasteiger partial charge in [0.05, 0.1) is 0 Å². The first-order valence-electron chi connectivity index (χ1n) is 7.09. The van der Waals surface area contributed by atoms with Crippen LogP contribution < -0.4 is 0 Å². The molecule has 0 saturated heterocycles. The fourth-order valence-electron chi connectivity index (χ4n) is 2.91. The fourth-order valence-corrected chi connectivity index (χ4v) is 4.21. The van der Waals surface area contributed by atoms with Crippen LogP contribution in [0, 0.1) is 0 Å². The molecule has 0 aliphatic carbocycles. The quantitative estimate of drug-likeness (QED) is 0.291. The second-order valence-corrected chi connectivity index (χ2v) is 7.21. The third-order valence-corrected chi connectivity index (χ3v) is 4.86. The first-order valence-corrected chi connectivity index (χ1v) is 8.67. The number of hydrogen-bond acceptors (Lipinski definition) is 0. The molecule has 0 unspecified atom stereocenters. The maximum absolute atomic E-state index is 3.56. The van der Waals surface area contributed by atoms with Crippen LogP contribution in [0.25, 0.3) is 32.7 Å². The molecule has 0 saturated carbocycles. The Morgan fingerprint density at radius 1 is 0.500 bits per heavy atom. The first-order chi connectivity index (χ1) is 10.7. The van der Waals surface area contributed by atoms with Crippen LogP contribution in [0.5, 0.6) is 0 Å². The number of halogens is 2. The summed E-state index contributed by atoms with van der Waals surface area (Å²) in [7, 11) is 0. The Kier molecular flexibility index (Phi) is 3.51. The summed E-state index contributed by atoms with van der Waals surface area (Å²) in [5.74, 6) is 0. The van der Waals surface area contributed by atoms with E-state index in [1.165, 1.54) is 32.7 Å². The summed E-state index contributed by atoms with van der Waals surface area (Å²) in [5.41, 5.74) is 2.43. The van der Waals surface area contributed by atoms with Crippen molar-refractivity contribution < 1.29 is 0 Å². The molecule has 2 heteroatoms. The molecule has 4 rings (SSSR count). The average Bonchev–Trinajstić information content (AvgIpc) is 2.53. The maximum atomic E-state index is 3.56. The molecule has 4 aromatic carbocycles. The third-order valence-electron chi connectivity index (χ3n) is 3.94. The monoisotopic (exact) mass is 410 g/mol. The van der Waals surface area contributed by atoms with Crippen molar-refractivity contribution in [2.75, 3.05) is 0 Å². The molecular weight excluding hydrogens is 400 g/mol. The van der Waals surface area contributed by atoms with Gasteiger partial charge in [-0.2, -0.15) is 0 Å². The molecular formula is C20H12Br2. The van der Waals surface area contributed by atoms with Gasteiger partial charge in [-0.05, 0) is 56.9 Å². The second kappa shape index (κ2) is 5.53. The maximum Gasteiger partial charge on any atom is 0.0192 e. The van der Waals surface area contributed by atoms with Crippen molar-refractivity contribution in [2.24, 2.45) is 0 Å². The highest BCUT2D eigenvalue weighted by Crippen LogP contribution is 2.32. The number of fused-ring (bicyclic) bond motifs is 3. The van der Waals surface area contributed by atoms with Crippen molar-refractivity contribution in [3.8, 4) is 11.1 Å². The number of rotatable bonds is 1. The molecule has 4 aromatic rings. The first kappa shape index (κ1) is 14.0. The van der Waals surface area contributed by atoms with Gasteiger partial charge in [0.15, 0.2) is 0 Å². The van der Waals surface area contributed by atoms with Gasteiger partial charge in [-0.1, -0.05) is 80.4 Å². The zero-order valence-electron chi connectivity index (χ0n) is 11.7. The van der Waals surface area contributed by atoms with Crippen molar-refractivity contribution in [3.63, 3.8) is 0 Å². The molecule has 0 radical (unpaired) electrons. The minimum atomic E-state index is 1.08. The Morgan fingerprint density at radius 3 is 2.00 bits per heavy atom. The van der Waals surface area contributed by atoms with E-state index in [0.717, 1.165) is 8.95 Å². The topological polar surface area (TPSA) is 0 Å². The van der Waals surface area contributed by atoms with E-state index < -0.39 is 0 Å². The van der Waals surface area contributed by atoms with Gasteiger partial charge in [0.1, 0.15) is 0 Å². The van der Waals surface area contributed by atoms with Crippen molar-refractivity contribution >= 4 is 53.4 Å². The standard InChI is InChI=1S/C20H12Br2/c21-17-10-16(11-18(22)12-17)14-7-8-20-15(9-14)6-5-13-3-1-2-4-19(13)20/h1-12H. The van der Waals surface area contributed by atoms with E-state index in [-0.39, 0.29) is 0 Å². The van der Waals surface area contributed by atoms with Gasteiger partial charge in [-0.15, -0.1) is 0 Å². The lowest BCUT2D eigenvalue weighted by Crippen LogP contribution is -1.82. The van der Waals surface area contributed by atoms with Crippen LogP contribution in [0.3, 0.4) is 0 Å². The third kappa shape index (κ3) is 2.47. The van der Waals surface area contributed by atoms with Crippen LogP contribution in [-0.4, -0.2) is 0 Å². The molecule has 0 amide bonds. The summed E-state index contributed by atoms with van der Waals surface area (Å²) in [6.07, 6.45) is 0. The van der Waals surface area contributed by atoms with Gasteiger partial charge < -0.3 is 0 Å². The Hall–Kier alpha value is -1.64. The predicted octanol–water partition coefficient (Wildman–Crippen LogP) is 7.19. The SMILES string of the molecule is Brc1cc(Br)cc(-c2ccc3c(ccc4ccccc43)c2)c1. The van der Waals surface area contributed by atoms with Crippen molar-refractivity contribution in [1.29, 1.82) is 0 Å². The van der Waals surface area contributed by atoms with Gasteiger partial charge in [-0.25, -0.2) is 0 Å². The Balaban J connectivity index is 1.96. The molecule has 0 nitrogen and oxygen atoms in total. The molecule has 106 valence electrons. The lowest BCUT2D eigenvalue weighted by molar-refractivity contribution is 1.57. The van der Waals surface area contributed by atoms with E-state index in [2.05, 4.69) is 105 Å². The highest BCUT2D eigenvalue weighted by atomic mass is 79.9. The zero-order chi connectivity index (χ0) is 15.1. The summed E-state index contributed by atoms with van der Waals surface area (Å²) in [5, 5.41) is 5.16. The predicted molar refractivity (Wildman–Crippen MR) is 102 cm³/mol. The number of hydrogen-bond donors (Lipinski definition) is 0. The number of benzene rings is 4. The van der Waals surface area contributed by atoms with Crippen molar-refractivity contribution in [2.45, 2.75) is 0 Å². The summed E-state index contributed by atoms with van der Waals surface area (Å²) in [4.78, 5) is 0. The van der Waals surface area contributed by atoms with Gasteiger partial charge in [0, 0.05) is 8.95 Å². The van der Waals surface area contributed by atoms with Crippen LogP contribution in [0.4, 0.5) is 0 Å². The lowest BCUT2D eigenvalue weighted by Gasteiger charge is -2.08. The molecule has 0 aromatic heterocycles. The van der Waals surface area contributed by atoms with Crippen LogP contribution in [0.2, 0.25) is 0 Å². The molecule has 0 spiro atoms. The molecule has 0 heterocycles. The normalized spacial score (nSPS) is 11.2. The summed E-state index contributed by atoms with van der Waals surface area (Å²) >= 11 is 7.13. The molecule has 0 aliphatic rings. The Labute approximate surface area is 146 Å². The van der Waals surface area contributed by atoms with Gasteiger partial charge in [-0.3, -0.25) is 0 Å². The fraction of sp³-hybridized carbons (Fsp3) is 0. The van der Waals surface area contributed by atoms with Gasteiger partial charge in [0.2, 0.25) is 0 Å². The Morgan fingerprint density at radius 2 is 1.18 bits per heavy atom. The van der Waals surface area contributed by atoms with E-state index in [1.807, 2.05) is 0 Å². The molecule has 22 heavy (non-hydrogen) atoms. The minimum absolute atomic E-state index is 1.08. The zero-order valence-corrected chi connectivity index (χ0v) is 14.9. The molecule has 0 aliphatic heterocycles. The Bertz CT molecular complexity index is 983. The summed E-state index contributed by atoms with van der Waals surface area (Å²) in [6, 6.07) is 26.0. The van der Waals surface area contributed by atoms with Crippen molar-refractivity contribution in [1.82, 2.24) is 0 Å². The highest BCUT2D eigenvalue weighted by molar-refractivity contribution is 9.11.